The van der Waals surface area contributed by atoms with Crippen LogP contribution in [0, 0.1) is 17.8 Å². The minimum atomic E-state index is 0.263. The van der Waals surface area contributed by atoms with Gasteiger partial charge in [0.1, 0.15) is 0 Å². The zero-order valence-electron chi connectivity index (χ0n) is 14.6. The molecule has 3 aliphatic rings. The van der Waals surface area contributed by atoms with Gasteiger partial charge in [0.25, 0.3) is 0 Å². The van der Waals surface area contributed by atoms with E-state index in [2.05, 4.69) is 26.9 Å². The van der Waals surface area contributed by atoms with Crippen LogP contribution >= 0.6 is 0 Å². The fraction of sp³-hybridized carbons (Fsp3) is 0.700. The van der Waals surface area contributed by atoms with E-state index in [-0.39, 0.29) is 5.92 Å². The molecule has 2 unspecified atom stereocenters. The lowest BCUT2D eigenvalue weighted by Gasteiger charge is -2.33. The lowest BCUT2D eigenvalue weighted by molar-refractivity contribution is -0.136. The standard InChI is InChI=1S/C20H29N3O/c24-20(23-14-18-3-1-2-4-19(18)15-23)17-7-11-22(12-8-17)13-16-5-9-21-10-6-16/h5-6,9-10,17-19H,1-4,7-8,11-15H2. The molecule has 3 fully saturated rings. The molecule has 1 amide bonds. The van der Waals surface area contributed by atoms with Gasteiger partial charge in [0, 0.05) is 37.9 Å². The van der Waals surface area contributed by atoms with Crippen molar-refractivity contribution in [2.45, 2.75) is 45.1 Å². The summed E-state index contributed by atoms with van der Waals surface area (Å²) in [5.41, 5.74) is 1.32. The molecule has 1 saturated carbocycles. The van der Waals surface area contributed by atoms with Crippen molar-refractivity contribution in [2.75, 3.05) is 26.2 Å². The Balaban J connectivity index is 1.27. The number of fused-ring (bicyclic) bond motifs is 1. The number of carbonyl (C=O) groups is 1. The van der Waals surface area contributed by atoms with E-state index in [1.54, 1.807) is 0 Å². The number of piperidine rings is 1. The smallest absolute Gasteiger partial charge is 0.225 e. The summed E-state index contributed by atoms with van der Waals surface area (Å²) in [6.07, 6.45) is 11.2. The zero-order chi connectivity index (χ0) is 16.4. The van der Waals surface area contributed by atoms with Crippen LogP contribution in [0.25, 0.3) is 0 Å². The Bertz CT molecular complexity index is 539. The highest BCUT2D eigenvalue weighted by molar-refractivity contribution is 5.79. The van der Waals surface area contributed by atoms with Gasteiger partial charge in [-0.1, -0.05) is 12.8 Å². The molecular formula is C20H29N3O. The molecule has 4 heteroatoms. The van der Waals surface area contributed by atoms with Gasteiger partial charge in [-0.2, -0.15) is 0 Å². The van der Waals surface area contributed by atoms with E-state index in [1.807, 2.05) is 12.4 Å². The molecule has 0 spiro atoms. The average Bonchev–Trinajstić information content (AvgIpc) is 3.07. The maximum Gasteiger partial charge on any atom is 0.225 e. The first-order chi connectivity index (χ1) is 11.8. The summed E-state index contributed by atoms with van der Waals surface area (Å²) in [6.45, 7) is 5.15. The summed E-state index contributed by atoms with van der Waals surface area (Å²) in [5, 5.41) is 0. The quantitative estimate of drug-likeness (QED) is 0.856. The highest BCUT2D eigenvalue weighted by atomic mass is 16.2. The van der Waals surface area contributed by atoms with Gasteiger partial charge in [0.2, 0.25) is 5.91 Å². The third kappa shape index (κ3) is 3.49. The maximum atomic E-state index is 12.9. The van der Waals surface area contributed by atoms with Crippen LogP contribution in [0.4, 0.5) is 0 Å². The summed E-state index contributed by atoms with van der Waals surface area (Å²) >= 11 is 0. The Labute approximate surface area is 145 Å². The summed E-state index contributed by atoms with van der Waals surface area (Å²) < 4.78 is 0. The van der Waals surface area contributed by atoms with Gasteiger partial charge in [-0.05, 0) is 68.3 Å². The lowest BCUT2D eigenvalue weighted by Crippen LogP contribution is -2.41. The number of rotatable bonds is 3. The molecule has 4 rings (SSSR count). The molecule has 1 aromatic rings. The topological polar surface area (TPSA) is 36.4 Å². The van der Waals surface area contributed by atoms with Crippen molar-refractivity contribution in [2.24, 2.45) is 17.8 Å². The molecular weight excluding hydrogens is 298 g/mol. The molecule has 2 aliphatic heterocycles. The van der Waals surface area contributed by atoms with Gasteiger partial charge in [0.15, 0.2) is 0 Å². The molecule has 2 atom stereocenters. The molecule has 3 heterocycles. The second-order valence-electron chi connectivity index (χ2n) is 7.95. The lowest BCUT2D eigenvalue weighted by atomic mass is 9.82. The number of aromatic nitrogens is 1. The van der Waals surface area contributed by atoms with E-state index < -0.39 is 0 Å². The van der Waals surface area contributed by atoms with Gasteiger partial charge >= 0.3 is 0 Å². The minimum absolute atomic E-state index is 0.263. The Morgan fingerprint density at radius 2 is 1.62 bits per heavy atom. The second kappa shape index (κ2) is 7.22. The predicted molar refractivity (Wildman–Crippen MR) is 94.3 cm³/mol. The highest BCUT2D eigenvalue weighted by Gasteiger charge is 2.38. The van der Waals surface area contributed by atoms with Crippen molar-refractivity contribution in [3.8, 4) is 0 Å². The number of amides is 1. The van der Waals surface area contributed by atoms with Crippen LogP contribution in [0.2, 0.25) is 0 Å². The van der Waals surface area contributed by atoms with Crippen molar-refractivity contribution in [3.63, 3.8) is 0 Å². The normalized spacial score (nSPS) is 28.8. The Kier molecular flexibility index (Phi) is 4.83. The monoisotopic (exact) mass is 327 g/mol. The van der Waals surface area contributed by atoms with E-state index in [4.69, 9.17) is 0 Å². The predicted octanol–water partition coefficient (Wildman–Crippen LogP) is 2.94. The fourth-order valence-corrected chi connectivity index (χ4v) is 4.93. The second-order valence-corrected chi connectivity index (χ2v) is 7.95. The Morgan fingerprint density at radius 1 is 1.00 bits per heavy atom. The first-order valence-corrected chi connectivity index (χ1v) is 9.69. The number of hydrogen-bond acceptors (Lipinski definition) is 3. The van der Waals surface area contributed by atoms with E-state index in [0.29, 0.717) is 5.91 Å². The van der Waals surface area contributed by atoms with E-state index in [1.165, 1.54) is 31.2 Å². The maximum absolute atomic E-state index is 12.9. The molecule has 4 nitrogen and oxygen atoms in total. The van der Waals surface area contributed by atoms with Crippen molar-refractivity contribution in [1.29, 1.82) is 0 Å². The zero-order valence-corrected chi connectivity index (χ0v) is 14.6. The Morgan fingerprint density at radius 3 is 2.25 bits per heavy atom. The van der Waals surface area contributed by atoms with Crippen LogP contribution < -0.4 is 0 Å². The summed E-state index contributed by atoms with van der Waals surface area (Å²) in [4.78, 5) is 21.7. The molecule has 1 aromatic heterocycles. The minimum Gasteiger partial charge on any atom is -0.342 e. The van der Waals surface area contributed by atoms with Crippen LogP contribution in [-0.4, -0.2) is 46.9 Å². The third-order valence-corrected chi connectivity index (χ3v) is 6.38. The molecule has 0 aromatic carbocycles. The fourth-order valence-electron chi connectivity index (χ4n) is 4.93. The van der Waals surface area contributed by atoms with Gasteiger partial charge in [-0.15, -0.1) is 0 Å². The first-order valence-electron chi connectivity index (χ1n) is 9.69. The molecule has 0 bridgehead atoms. The van der Waals surface area contributed by atoms with Gasteiger partial charge in [0.05, 0.1) is 0 Å². The average molecular weight is 327 g/mol. The summed E-state index contributed by atoms with van der Waals surface area (Å²) in [6, 6.07) is 4.17. The van der Waals surface area contributed by atoms with E-state index >= 15 is 0 Å². The van der Waals surface area contributed by atoms with Crippen LogP contribution in [0.5, 0.6) is 0 Å². The first kappa shape index (κ1) is 16.1. The van der Waals surface area contributed by atoms with E-state index in [9.17, 15) is 4.79 Å². The van der Waals surface area contributed by atoms with Crippen molar-refractivity contribution < 1.29 is 4.79 Å². The summed E-state index contributed by atoms with van der Waals surface area (Å²) in [7, 11) is 0. The van der Waals surface area contributed by atoms with Gasteiger partial charge in [-0.3, -0.25) is 14.7 Å². The largest absolute Gasteiger partial charge is 0.342 e. The van der Waals surface area contributed by atoms with E-state index in [0.717, 1.165) is 57.4 Å². The van der Waals surface area contributed by atoms with Crippen molar-refractivity contribution in [1.82, 2.24) is 14.8 Å². The van der Waals surface area contributed by atoms with Crippen LogP contribution in [0.1, 0.15) is 44.1 Å². The van der Waals surface area contributed by atoms with Crippen molar-refractivity contribution >= 4 is 5.91 Å². The number of pyridine rings is 1. The molecule has 1 aliphatic carbocycles. The summed E-state index contributed by atoms with van der Waals surface area (Å²) in [5.74, 6) is 2.32. The molecule has 24 heavy (non-hydrogen) atoms. The van der Waals surface area contributed by atoms with Crippen LogP contribution in [-0.2, 0) is 11.3 Å². The number of carbonyl (C=O) groups excluding carboxylic acids is 1. The van der Waals surface area contributed by atoms with Crippen molar-refractivity contribution in [3.05, 3.63) is 30.1 Å². The van der Waals surface area contributed by atoms with Crippen LogP contribution in [0.3, 0.4) is 0 Å². The molecule has 0 radical (unpaired) electrons. The molecule has 2 saturated heterocycles. The van der Waals surface area contributed by atoms with Gasteiger partial charge < -0.3 is 4.90 Å². The highest BCUT2D eigenvalue weighted by Crippen LogP contribution is 2.37. The Hall–Kier alpha value is -1.42. The van der Waals surface area contributed by atoms with Gasteiger partial charge in [-0.25, -0.2) is 0 Å². The molecule has 130 valence electrons. The third-order valence-electron chi connectivity index (χ3n) is 6.38. The molecule has 0 N–H and O–H groups in total. The number of hydrogen-bond donors (Lipinski definition) is 0. The SMILES string of the molecule is O=C(C1CCN(Cc2ccncc2)CC1)N1CC2CCCCC2C1. The van der Waals surface area contributed by atoms with Crippen LogP contribution in [0.15, 0.2) is 24.5 Å². The number of likely N-dealkylation sites (tertiary alicyclic amines) is 2. The number of nitrogens with zero attached hydrogens (tertiary/aromatic N) is 3.